The van der Waals surface area contributed by atoms with E-state index in [1.54, 1.807) is 23.1 Å². The average molecular weight is 579 g/mol. The first-order chi connectivity index (χ1) is 19.0. The first kappa shape index (κ1) is 28.7. The Balaban J connectivity index is 1.49. The van der Waals surface area contributed by atoms with Gasteiger partial charge in [0.1, 0.15) is 5.75 Å². The molecule has 3 aromatic rings. The number of ether oxygens (including phenoxy) is 1. The second-order valence-electron chi connectivity index (χ2n) is 8.52. The van der Waals surface area contributed by atoms with E-state index in [1.165, 1.54) is 36.4 Å². The second-order valence-corrected chi connectivity index (χ2v) is 10.3. The first-order valence-corrected chi connectivity index (χ1v) is 13.5. The molecular formula is C26H25F3N4O6S. The van der Waals surface area contributed by atoms with Crippen LogP contribution in [0.1, 0.15) is 10.4 Å². The summed E-state index contributed by atoms with van der Waals surface area (Å²) < 4.78 is 68.9. The lowest BCUT2D eigenvalue weighted by molar-refractivity contribution is -0.274. The fourth-order valence-electron chi connectivity index (χ4n) is 3.75. The van der Waals surface area contributed by atoms with Gasteiger partial charge in [0.15, 0.2) is 5.75 Å². The van der Waals surface area contributed by atoms with Gasteiger partial charge in [-0.1, -0.05) is 22.7 Å². The van der Waals surface area contributed by atoms with Crippen molar-refractivity contribution in [1.82, 2.24) is 15.5 Å². The van der Waals surface area contributed by atoms with E-state index in [1.807, 2.05) is 0 Å². The molecule has 0 atom stereocenters. The van der Waals surface area contributed by atoms with E-state index >= 15 is 0 Å². The van der Waals surface area contributed by atoms with Crippen molar-refractivity contribution < 1.29 is 40.8 Å². The van der Waals surface area contributed by atoms with Gasteiger partial charge < -0.3 is 25.1 Å². The van der Waals surface area contributed by atoms with Gasteiger partial charge in [-0.25, -0.2) is 0 Å². The highest BCUT2D eigenvalue weighted by Gasteiger charge is 2.31. The molecule has 0 aromatic heterocycles. The van der Waals surface area contributed by atoms with Crippen LogP contribution in [0.4, 0.5) is 18.9 Å². The number of carbonyl (C=O) groups excluding carboxylic acids is 2. The minimum atomic E-state index is -4.88. The number of para-hydroxylation sites is 1. The lowest BCUT2D eigenvalue weighted by Gasteiger charge is -2.27. The third-order valence-corrected chi connectivity index (χ3v) is 7.31. The van der Waals surface area contributed by atoms with Crippen molar-refractivity contribution in [3.63, 3.8) is 0 Å². The van der Waals surface area contributed by atoms with Crippen LogP contribution < -0.4 is 24.7 Å². The Morgan fingerprint density at radius 2 is 1.50 bits per heavy atom. The summed E-state index contributed by atoms with van der Waals surface area (Å²) in [4.78, 5) is 31.8. The molecule has 2 N–H and O–H groups in total. The van der Waals surface area contributed by atoms with Crippen molar-refractivity contribution in [1.29, 1.82) is 0 Å². The lowest BCUT2D eigenvalue weighted by Crippen LogP contribution is -2.49. The summed E-state index contributed by atoms with van der Waals surface area (Å²) in [5.41, 5.74) is 0.255. The van der Waals surface area contributed by atoms with E-state index in [2.05, 4.69) is 15.4 Å². The Morgan fingerprint density at radius 1 is 0.900 bits per heavy atom. The number of amides is 2. The van der Waals surface area contributed by atoms with Crippen LogP contribution in [0.5, 0.6) is 11.5 Å². The molecule has 4 rings (SSSR count). The van der Waals surface area contributed by atoms with Gasteiger partial charge >= 0.3 is 6.36 Å². The number of nitrogens with zero attached hydrogens (tertiary/aromatic N) is 2. The summed E-state index contributed by atoms with van der Waals surface area (Å²) in [6.45, 7) is 2.26. The third kappa shape index (κ3) is 7.42. The van der Waals surface area contributed by atoms with Crippen molar-refractivity contribution in [3.05, 3.63) is 84.4 Å². The largest absolute Gasteiger partial charge is 0.573 e. The van der Waals surface area contributed by atoms with E-state index in [4.69, 9.17) is 4.84 Å². The highest BCUT2D eigenvalue weighted by molar-refractivity contribution is 7.92. The molecule has 0 bridgehead atoms. The van der Waals surface area contributed by atoms with Crippen LogP contribution in [-0.4, -0.2) is 64.2 Å². The van der Waals surface area contributed by atoms with Crippen LogP contribution in [0.25, 0.3) is 0 Å². The molecule has 212 valence electrons. The van der Waals surface area contributed by atoms with Crippen LogP contribution in [0.15, 0.2) is 83.8 Å². The monoisotopic (exact) mass is 578 g/mol. The lowest BCUT2D eigenvalue weighted by atomic mass is 10.2. The number of halogens is 3. The number of hydrogen-bond acceptors (Lipinski definition) is 7. The molecule has 0 spiro atoms. The van der Waals surface area contributed by atoms with Gasteiger partial charge in [-0.15, -0.1) is 13.2 Å². The highest BCUT2D eigenvalue weighted by atomic mass is 32.2. The maximum Gasteiger partial charge on any atom is 0.573 e. The number of alkyl halides is 3. The van der Waals surface area contributed by atoms with E-state index < -0.39 is 28.0 Å². The number of nitrogens with one attached hydrogen (secondary N) is 2. The average Bonchev–Trinajstić information content (AvgIpc) is 2.95. The van der Waals surface area contributed by atoms with Gasteiger partial charge in [-0.05, 0) is 60.7 Å². The normalized spacial score (nSPS) is 13.8. The van der Waals surface area contributed by atoms with Gasteiger partial charge in [0, 0.05) is 31.7 Å². The first-order valence-electron chi connectivity index (χ1n) is 12.0. The summed E-state index contributed by atoms with van der Waals surface area (Å²) in [6, 6.07) is 17.0. The quantitative estimate of drug-likeness (QED) is 0.375. The number of benzene rings is 3. The van der Waals surface area contributed by atoms with Gasteiger partial charge in [-0.3, -0.25) is 9.59 Å². The molecule has 1 heterocycles. The molecular weight excluding hydrogens is 553 g/mol. The zero-order valence-corrected chi connectivity index (χ0v) is 21.7. The standard InChI is InChI=1S/C26H25F3N4O6S/c27-26(28,29)38-21-8-10-22(11-9-21)39-33(20-4-2-1-3-5-20)40(36,37)23-12-6-19(7-13-23)25(35)31-18-24(34)32-16-14-30-15-17-32/h1-13,30H,14-18H2,(H,31,35). The van der Waals surface area contributed by atoms with Crippen molar-refractivity contribution in [2.24, 2.45) is 0 Å². The van der Waals surface area contributed by atoms with E-state index in [9.17, 15) is 31.2 Å². The molecule has 0 saturated carbocycles. The molecule has 3 aromatic carbocycles. The number of piperazine rings is 1. The Kier molecular flexibility index (Phi) is 8.80. The van der Waals surface area contributed by atoms with E-state index in [-0.39, 0.29) is 34.3 Å². The minimum absolute atomic E-state index is 0.0768. The zero-order chi connectivity index (χ0) is 28.8. The van der Waals surface area contributed by atoms with Crippen LogP contribution in [-0.2, 0) is 14.8 Å². The molecule has 10 nitrogen and oxygen atoms in total. The molecule has 1 fully saturated rings. The fourth-order valence-corrected chi connectivity index (χ4v) is 5.00. The third-order valence-electron chi connectivity index (χ3n) is 5.72. The van der Waals surface area contributed by atoms with Gasteiger partial charge in [0.25, 0.3) is 15.9 Å². The number of anilines is 1. The molecule has 1 saturated heterocycles. The van der Waals surface area contributed by atoms with Gasteiger partial charge in [-0.2, -0.15) is 8.42 Å². The van der Waals surface area contributed by atoms with Gasteiger partial charge in [0.05, 0.1) is 17.1 Å². The van der Waals surface area contributed by atoms with Crippen molar-refractivity contribution >= 4 is 27.5 Å². The second kappa shape index (κ2) is 12.3. The molecule has 0 radical (unpaired) electrons. The Hall–Kier alpha value is -4.30. The summed E-state index contributed by atoms with van der Waals surface area (Å²) in [6.07, 6.45) is -4.88. The summed E-state index contributed by atoms with van der Waals surface area (Å²) in [5, 5.41) is 5.67. The Bertz CT molecular complexity index is 1410. The molecule has 14 heteroatoms. The van der Waals surface area contributed by atoms with Crippen LogP contribution >= 0.6 is 0 Å². The number of sulfonamides is 1. The maximum atomic E-state index is 13.5. The number of carbonyl (C=O) groups is 2. The van der Waals surface area contributed by atoms with Gasteiger partial charge in [0.2, 0.25) is 5.91 Å². The molecule has 40 heavy (non-hydrogen) atoms. The predicted octanol–water partition coefficient (Wildman–Crippen LogP) is 2.94. The van der Waals surface area contributed by atoms with Crippen LogP contribution in [0.2, 0.25) is 0 Å². The van der Waals surface area contributed by atoms with Crippen molar-refractivity contribution in [2.75, 3.05) is 37.2 Å². The molecule has 1 aliphatic heterocycles. The SMILES string of the molecule is O=C(NCC(=O)N1CCNCC1)c1ccc(S(=O)(=O)N(Oc2ccc(OC(F)(F)F)cc2)c2ccccc2)cc1. The maximum absolute atomic E-state index is 13.5. The van der Waals surface area contributed by atoms with Crippen LogP contribution in [0, 0.1) is 0 Å². The van der Waals surface area contributed by atoms with E-state index in [0.717, 1.165) is 24.3 Å². The molecule has 1 aliphatic rings. The smallest absolute Gasteiger partial charge is 0.406 e. The number of hydrogen-bond donors (Lipinski definition) is 2. The fraction of sp³-hybridized carbons (Fsp3) is 0.231. The van der Waals surface area contributed by atoms with Crippen molar-refractivity contribution in [2.45, 2.75) is 11.3 Å². The zero-order valence-electron chi connectivity index (χ0n) is 20.9. The topological polar surface area (TPSA) is 117 Å². The summed E-state index contributed by atoms with van der Waals surface area (Å²) in [7, 11) is -4.37. The number of rotatable bonds is 9. The Morgan fingerprint density at radius 3 is 2.10 bits per heavy atom. The molecule has 2 amide bonds. The Labute approximate surface area is 228 Å². The highest BCUT2D eigenvalue weighted by Crippen LogP contribution is 2.29. The summed E-state index contributed by atoms with van der Waals surface area (Å²) >= 11 is 0. The molecule has 0 unspecified atom stereocenters. The van der Waals surface area contributed by atoms with E-state index in [0.29, 0.717) is 30.6 Å². The molecule has 0 aliphatic carbocycles. The minimum Gasteiger partial charge on any atom is -0.406 e. The van der Waals surface area contributed by atoms with Crippen LogP contribution in [0.3, 0.4) is 0 Å². The predicted molar refractivity (Wildman–Crippen MR) is 138 cm³/mol. The van der Waals surface area contributed by atoms with Crippen molar-refractivity contribution in [3.8, 4) is 11.5 Å². The summed E-state index contributed by atoms with van der Waals surface area (Å²) in [5.74, 6) is -1.35.